The van der Waals surface area contributed by atoms with E-state index in [4.69, 9.17) is 0 Å². The molecule has 1 N–H and O–H groups in total. The van der Waals surface area contributed by atoms with E-state index in [1.165, 1.54) is 35.3 Å². The van der Waals surface area contributed by atoms with Crippen LogP contribution in [0.1, 0.15) is 45.8 Å². The number of rotatable bonds is 4. The lowest BCUT2D eigenvalue weighted by Gasteiger charge is -2.18. The zero-order valence-corrected chi connectivity index (χ0v) is 12.4. The summed E-state index contributed by atoms with van der Waals surface area (Å²) in [5.74, 6) is 0. The molecule has 2 heterocycles. The smallest absolute Gasteiger partial charge is 0.0688 e. The fourth-order valence-electron chi connectivity index (χ4n) is 2.84. The number of fused-ring (bicyclic) bond motifs is 1. The number of nitrogens with one attached hydrogen (secondary N) is 1. The molecule has 2 aromatic heterocycles. The van der Waals surface area contributed by atoms with Crippen LogP contribution in [0.2, 0.25) is 0 Å². The van der Waals surface area contributed by atoms with Gasteiger partial charge in [0.15, 0.2) is 0 Å². The predicted molar refractivity (Wildman–Crippen MR) is 80.8 cm³/mol. The quantitative estimate of drug-likeness (QED) is 0.919. The van der Waals surface area contributed by atoms with Crippen LogP contribution in [0, 0.1) is 6.92 Å². The molecule has 19 heavy (non-hydrogen) atoms. The van der Waals surface area contributed by atoms with Crippen LogP contribution in [0.4, 0.5) is 0 Å². The molecule has 0 bridgehead atoms. The summed E-state index contributed by atoms with van der Waals surface area (Å²) in [6.07, 6.45) is 7.74. The highest BCUT2D eigenvalue weighted by molar-refractivity contribution is 7.12. The van der Waals surface area contributed by atoms with Crippen molar-refractivity contribution in [3.05, 3.63) is 51.0 Å². The normalized spacial score (nSPS) is 15.5. The van der Waals surface area contributed by atoms with Gasteiger partial charge in [0.05, 0.1) is 6.04 Å². The Kier molecular flexibility index (Phi) is 3.67. The molecule has 0 saturated heterocycles. The predicted octanol–water partition coefficient (Wildman–Crippen LogP) is 3.64. The van der Waals surface area contributed by atoms with E-state index in [1.54, 1.807) is 10.4 Å². The minimum absolute atomic E-state index is 0.300. The Morgan fingerprint density at radius 1 is 1.42 bits per heavy atom. The summed E-state index contributed by atoms with van der Waals surface area (Å²) in [6, 6.07) is 4.81. The Morgan fingerprint density at radius 2 is 2.32 bits per heavy atom. The van der Waals surface area contributed by atoms with E-state index in [1.807, 2.05) is 23.7 Å². The van der Waals surface area contributed by atoms with Crippen molar-refractivity contribution in [2.45, 2.75) is 39.2 Å². The first-order valence-corrected chi connectivity index (χ1v) is 7.86. The number of hydrogen-bond acceptors (Lipinski definition) is 3. The van der Waals surface area contributed by atoms with Crippen molar-refractivity contribution in [2.75, 3.05) is 6.54 Å². The summed E-state index contributed by atoms with van der Waals surface area (Å²) < 4.78 is 0. The topological polar surface area (TPSA) is 24.9 Å². The molecule has 0 radical (unpaired) electrons. The molecule has 2 nitrogen and oxygen atoms in total. The largest absolute Gasteiger partial charge is 0.306 e. The van der Waals surface area contributed by atoms with Gasteiger partial charge in [0.25, 0.3) is 0 Å². The van der Waals surface area contributed by atoms with Crippen molar-refractivity contribution < 1.29 is 0 Å². The van der Waals surface area contributed by atoms with E-state index in [0.29, 0.717) is 6.04 Å². The summed E-state index contributed by atoms with van der Waals surface area (Å²) in [6.45, 7) is 5.31. The molecule has 2 aromatic rings. The maximum atomic E-state index is 4.30. The van der Waals surface area contributed by atoms with Gasteiger partial charge in [0.1, 0.15) is 0 Å². The number of aryl methyl sites for hydroxylation is 3. The molecule has 100 valence electrons. The number of aromatic nitrogens is 1. The fraction of sp³-hybridized carbons (Fsp3) is 0.438. The van der Waals surface area contributed by atoms with E-state index in [2.05, 4.69) is 36.3 Å². The number of pyridine rings is 1. The molecule has 1 unspecified atom stereocenters. The molecule has 0 saturated carbocycles. The van der Waals surface area contributed by atoms with Crippen molar-refractivity contribution in [1.29, 1.82) is 0 Å². The van der Waals surface area contributed by atoms with E-state index >= 15 is 0 Å². The molecule has 0 aliphatic heterocycles. The second-order valence-corrected chi connectivity index (χ2v) is 6.34. The van der Waals surface area contributed by atoms with Gasteiger partial charge in [-0.15, -0.1) is 11.3 Å². The molecule has 3 heteroatoms. The SMILES string of the molecule is CCNC(c1cc2c(s1)CCC2)c1cnccc1C. The highest BCUT2D eigenvalue weighted by Gasteiger charge is 2.22. The highest BCUT2D eigenvalue weighted by Crippen LogP contribution is 2.36. The van der Waals surface area contributed by atoms with Gasteiger partial charge >= 0.3 is 0 Å². The molecule has 1 aliphatic carbocycles. The second-order valence-electron chi connectivity index (χ2n) is 5.17. The lowest BCUT2D eigenvalue weighted by molar-refractivity contribution is 0.634. The summed E-state index contributed by atoms with van der Waals surface area (Å²) >= 11 is 1.98. The Bertz CT molecular complexity index is 552. The van der Waals surface area contributed by atoms with Gasteiger partial charge in [-0.25, -0.2) is 0 Å². The summed E-state index contributed by atoms with van der Waals surface area (Å²) in [5.41, 5.74) is 4.20. The molecular weight excluding hydrogens is 252 g/mol. The maximum absolute atomic E-state index is 4.30. The van der Waals surface area contributed by atoms with Gasteiger partial charge in [-0.3, -0.25) is 4.98 Å². The summed E-state index contributed by atoms with van der Waals surface area (Å²) in [5, 5.41) is 3.62. The average molecular weight is 272 g/mol. The maximum Gasteiger partial charge on any atom is 0.0688 e. The van der Waals surface area contributed by atoms with Crippen molar-refractivity contribution in [2.24, 2.45) is 0 Å². The van der Waals surface area contributed by atoms with E-state index in [0.717, 1.165) is 6.54 Å². The van der Waals surface area contributed by atoms with Crippen LogP contribution in [0.5, 0.6) is 0 Å². The highest BCUT2D eigenvalue weighted by atomic mass is 32.1. The summed E-state index contributed by atoms with van der Waals surface area (Å²) in [7, 11) is 0. The van der Waals surface area contributed by atoms with Crippen LogP contribution in [0.3, 0.4) is 0 Å². The fourth-order valence-corrected chi connectivity index (χ4v) is 4.19. The molecule has 0 aromatic carbocycles. The number of hydrogen-bond donors (Lipinski definition) is 1. The molecule has 1 aliphatic rings. The lowest BCUT2D eigenvalue weighted by atomic mass is 10.0. The third-order valence-electron chi connectivity index (χ3n) is 3.85. The Balaban J connectivity index is 1.98. The molecule has 1 atom stereocenters. The molecule has 3 rings (SSSR count). The first kappa shape index (κ1) is 12.8. The van der Waals surface area contributed by atoms with Gasteiger partial charge in [-0.05, 0) is 61.6 Å². The van der Waals surface area contributed by atoms with Crippen LogP contribution in [-0.2, 0) is 12.8 Å². The third kappa shape index (κ3) is 2.45. The molecule has 0 fully saturated rings. The first-order valence-electron chi connectivity index (χ1n) is 7.05. The van der Waals surface area contributed by atoms with E-state index in [-0.39, 0.29) is 0 Å². The van der Waals surface area contributed by atoms with Gasteiger partial charge in [0, 0.05) is 22.1 Å². The third-order valence-corrected chi connectivity index (χ3v) is 5.15. The van der Waals surface area contributed by atoms with Crippen LogP contribution >= 0.6 is 11.3 Å². The molecular formula is C16H20N2S. The average Bonchev–Trinajstić information content (AvgIpc) is 2.97. The molecule has 0 amide bonds. The monoisotopic (exact) mass is 272 g/mol. The van der Waals surface area contributed by atoms with Crippen LogP contribution in [-0.4, -0.2) is 11.5 Å². The van der Waals surface area contributed by atoms with Crippen molar-refractivity contribution in [1.82, 2.24) is 10.3 Å². The number of nitrogens with zero attached hydrogens (tertiary/aromatic N) is 1. The zero-order valence-electron chi connectivity index (χ0n) is 11.6. The Labute approximate surface area is 118 Å². The van der Waals surface area contributed by atoms with Crippen molar-refractivity contribution in [3.8, 4) is 0 Å². The van der Waals surface area contributed by atoms with Gasteiger partial charge < -0.3 is 5.32 Å². The van der Waals surface area contributed by atoms with Crippen LogP contribution < -0.4 is 5.32 Å². The van der Waals surface area contributed by atoms with Crippen LogP contribution in [0.25, 0.3) is 0 Å². The number of thiophene rings is 1. The Hall–Kier alpha value is -1.19. The molecule has 0 spiro atoms. The van der Waals surface area contributed by atoms with Crippen LogP contribution in [0.15, 0.2) is 24.5 Å². The summed E-state index contributed by atoms with van der Waals surface area (Å²) in [4.78, 5) is 7.35. The lowest BCUT2D eigenvalue weighted by Crippen LogP contribution is -2.22. The van der Waals surface area contributed by atoms with E-state index < -0.39 is 0 Å². The van der Waals surface area contributed by atoms with Crippen molar-refractivity contribution >= 4 is 11.3 Å². The van der Waals surface area contributed by atoms with Gasteiger partial charge in [0.2, 0.25) is 0 Å². The Morgan fingerprint density at radius 3 is 3.05 bits per heavy atom. The van der Waals surface area contributed by atoms with Gasteiger partial charge in [-0.1, -0.05) is 6.92 Å². The zero-order chi connectivity index (χ0) is 13.2. The first-order chi connectivity index (χ1) is 9.29. The van der Waals surface area contributed by atoms with Gasteiger partial charge in [-0.2, -0.15) is 0 Å². The van der Waals surface area contributed by atoms with Crippen molar-refractivity contribution in [3.63, 3.8) is 0 Å². The minimum Gasteiger partial charge on any atom is -0.306 e. The van der Waals surface area contributed by atoms with E-state index in [9.17, 15) is 0 Å². The minimum atomic E-state index is 0.300. The standard InChI is InChI=1S/C16H20N2S/c1-3-18-16(13-10-17-8-7-11(13)2)15-9-12-5-4-6-14(12)19-15/h7-10,16,18H,3-6H2,1-2H3. The second kappa shape index (κ2) is 5.43.